The van der Waals surface area contributed by atoms with Crippen molar-refractivity contribution in [3.8, 4) is 12.1 Å². The number of hydrogen-bond donors (Lipinski definition) is 2. The summed E-state index contributed by atoms with van der Waals surface area (Å²) in [6.07, 6.45) is 1.22. The van der Waals surface area contributed by atoms with Crippen LogP contribution in [-0.2, 0) is 24.0 Å². The van der Waals surface area contributed by atoms with Gasteiger partial charge in [-0.25, -0.2) is 4.21 Å². The third kappa shape index (κ3) is 4.67. The Bertz CT molecular complexity index is 799. The summed E-state index contributed by atoms with van der Waals surface area (Å²) in [5, 5.41) is 17.9. The molecule has 0 fully saturated rings. The smallest absolute Gasteiger partial charge is 0.290 e. The predicted molar refractivity (Wildman–Crippen MR) is 89.6 cm³/mol. The Labute approximate surface area is 137 Å². The van der Waals surface area contributed by atoms with Crippen molar-refractivity contribution < 1.29 is 17.5 Å². The van der Waals surface area contributed by atoms with Gasteiger partial charge in [0.2, 0.25) is 0 Å². The lowest BCUT2D eigenvalue weighted by molar-refractivity contribution is 0.433. The first-order valence-electron chi connectivity index (χ1n) is 6.65. The normalized spacial score (nSPS) is 15.9. The molecule has 0 saturated carbocycles. The maximum Gasteiger partial charge on any atom is 0.290 e. The molecule has 0 radical (unpaired) electrons. The zero-order valence-corrected chi connectivity index (χ0v) is 14.9. The summed E-state index contributed by atoms with van der Waals surface area (Å²) in [6, 6.07) is 7.57. The molecular weight excluding hydrogens is 338 g/mol. The molecule has 0 bridgehead atoms. The van der Waals surface area contributed by atoms with E-state index in [9.17, 15) is 17.5 Å². The maximum absolute atomic E-state index is 12.9. The third-order valence-corrected chi connectivity index (χ3v) is 8.12. The molecule has 126 valence electrons. The molecule has 0 amide bonds. The first-order chi connectivity index (χ1) is 10.4. The molecule has 1 rings (SSSR count). The van der Waals surface area contributed by atoms with Crippen LogP contribution in [0.25, 0.3) is 0 Å². The topological polar surface area (TPSA) is 125 Å². The number of nitriles is 2. The Kier molecular flexibility index (Phi) is 5.47. The van der Waals surface area contributed by atoms with Crippen molar-refractivity contribution >= 4 is 19.7 Å². The predicted octanol–water partition coefficient (Wildman–Crippen LogP) is 1.55. The summed E-state index contributed by atoms with van der Waals surface area (Å²) < 4.78 is 46.1. The number of benzene rings is 1. The van der Waals surface area contributed by atoms with E-state index in [0.717, 1.165) is 6.26 Å². The van der Waals surface area contributed by atoms with E-state index in [4.69, 9.17) is 10.5 Å². The second kappa shape index (κ2) is 6.48. The molecule has 0 saturated heterocycles. The molecule has 1 aromatic rings. The van der Waals surface area contributed by atoms with Crippen LogP contribution in [0.5, 0.6) is 0 Å². The minimum absolute atomic E-state index is 0.0268. The third-order valence-electron chi connectivity index (χ3n) is 3.44. The first-order valence-corrected chi connectivity index (χ1v) is 10.8. The molecule has 0 aliphatic heterocycles. The molecule has 0 aromatic heterocycles. The van der Waals surface area contributed by atoms with Gasteiger partial charge >= 0.3 is 0 Å². The van der Waals surface area contributed by atoms with Crippen molar-refractivity contribution in [2.45, 2.75) is 11.3 Å². The quantitative estimate of drug-likeness (QED) is 0.743. The van der Waals surface area contributed by atoms with E-state index in [2.05, 4.69) is 0 Å². The van der Waals surface area contributed by atoms with E-state index in [1.807, 2.05) is 12.1 Å². The van der Waals surface area contributed by atoms with Gasteiger partial charge in [-0.2, -0.15) is 24.4 Å². The van der Waals surface area contributed by atoms with E-state index in [-0.39, 0.29) is 33.9 Å². The Morgan fingerprint density at radius 3 is 2.30 bits per heavy atom. The first kappa shape index (κ1) is 19.4. The average Bonchev–Trinajstić information content (AvgIpc) is 2.45. The molecule has 0 aliphatic carbocycles. The van der Waals surface area contributed by atoms with Gasteiger partial charge in [0.1, 0.15) is 12.1 Å². The second-order valence-corrected chi connectivity index (χ2v) is 11.8. The molecule has 0 aliphatic rings. The van der Waals surface area contributed by atoms with Crippen molar-refractivity contribution in [2.75, 3.05) is 31.9 Å². The molecule has 1 aromatic carbocycles. The number of nitrogens with zero attached hydrogens (tertiary/aromatic N) is 3. The molecule has 1 unspecified atom stereocenters. The van der Waals surface area contributed by atoms with Gasteiger partial charge in [0.05, 0.1) is 16.0 Å². The molecular formula is C14H20N3O4S2+. The van der Waals surface area contributed by atoms with Crippen LogP contribution in [0.2, 0.25) is 0 Å². The lowest BCUT2D eigenvalue weighted by Crippen LogP contribution is -2.38. The van der Waals surface area contributed by atoms with E-state index in [0.29, 0.717) is 0 Å². The number of hydrogen-bond acceptors (Lipinski definition) is 4. The van der Waals surface area contributed by atoms with Crippen LogP contribution in [0.3, 0.4) is 0 Å². The highest BCUT2D eigenvalue weighted by Crippen LogP contribution is 2.31. The van der Waals surface area contributed by atoms with Crippen molar-refractivity contribution in [3.05, 3.63) is 29.3 Å². The molecule has 1 atom stereocenters. The van der Waals surface area contributed by atoms with Gasteiger partial charge in [0, 0.05) is 32.5 Å². The van der Waals surface area contributed by atoms with Crippen LogP contribution in [0, 0.1) is 22.7 Å². The minimum atomic E-state index is -4.27. The largest absolute Gasteiger partial charge is 0.299 e. The van der Waals surface area contributed by atoms with Crippen LogP contribution in [0.4, 0.5) is 0 Å². The lowest BCUT2D eigenvalue weighted by Gasteiger charge is -2.39. The summed E-state index contributed by atoms with van der Waals surface area (Å²) in [6.45, 7) is 0. The van der Waals surface area contributed by atoms with Gasteiger partial charge in [-0.15, -0.1) is 4.31 Å². The number of rotatable bonds is 6. The Balaban J connectivity index is 3.05. The van der Waals surface area contributed by atoms with Crippen LogP contribution >= 0.6 is 0 Å². The summed E-state index contributed by atoms with van der Waals surface area (Å²) in [5.74, 6) is -0.344. The fourth-order valence-corrected chi connectivity index (χ4v) is 4.89. The monoisotopic (exact) mass is 358 g/mol. The maximum atomic E-state index is 12.9. The fraction of sp³-hybridized carbons (Fsp3) is 0.429. The van der Waals surface area contributed by atoms with E-state index in [1.165, 1.54) is 36.6 Å². The van der Waals surface area contributed by atoms with E-state index < -0.39 is 19.7 Å². The Morgan fingerprint density at radius 2 is 1.83 bits per heavy atom. The van der Waals surface area contributed by atoms with Gasteiger partial charge in [-0.1, -0.05) is 0 Å². The van der Waals surface area contributed by atoms with Crippen LogP contribution in [0.1, 0.15) is 17.5 Å². The molecule has 9 heteroatoms. The van der Waals surface area contributed by atoms with Gasteiger partial charge < -0.3 is 0 Å². The zero-order valence-electron chi connectivity index (χ0n) is 13.2. The van der Waals surface area contributed by atoms with Crippen molar-refractivity contribution in [1.82, 2.24) is 4.31 Å². The minimum Gasteiger partial charge on any atom is -0.299 e. The van der Waals surface area contributed by atoms with Crippen molar-refractivity contribution in [1.29, 1.82) is 10.5 Å². The second-order valence-electron chi connectivity index (χ2n) is 5.59. The van der Waals surface area contributed by atoms with Crippen molar-refractivity contribution in [2.24, 2.45) is 0 Å². The van der Waals surface area contributed by atoms with Gasteiger partial charge in [-0.3, -0.25) is 4.55 Å². The summed E-state index contributed by atoms with van der Waals surface area (Å²) in [7, 11) is -4.55. The van der Waals surface area contributed by atoms with Crippen LogP contribution < -0.4 is 0 Å². The highest BCUT2D eigenvalue weighted by atomic mass is 32.3. The molecule has 0 heterocycles. The van der Waals surface area contributed by atoms with Crippen molar-refractivity contribution in [3.63, 3.8) is 0 Å². The summed E-state index contributed by atoms with van der Waals surface area (Å²) in [4.78, 5) is 0.0480. The van der Waals surface area contributed by atoms with E-state index in [1.54, 1.807) is 0 Å². The highest BCUT2D eigenvalue weighted by molar-refractivity contribution is 8.14. The van der Waals surface area contributed by atoms with Gasteiger partial charge in [0.25, 0.3) is 10.4 Å². The highest BCUT2D eigenvalue weighted by Gasteiger charge is 2.32. The summed E-state index contributed by atoms with van der Waals surface area (Å²) in [5.41, 5.74) is 0.157. The zero-order chi connectivity index (χ0) is 17.9. The molecule has 0 spiro atoms. The average molecular weight is 358 g/mol. The lowest BCUT2D eigenvalue weighted by atomic mass is 10.1. The Morgan fingerprint density at radius 1 is 1.26 bits per heavy atom. The SMILES string of the molecule is CN(C)[S+](=O)(O)CCCS(C)(=O)(O)c1ccc(C#N)c(C#N)c1. The fourth-order valence-electron chi connectivity index (χ4n) is 1.93. The van der Waals surface area contributed by atoms with E-state index >= 15 is 0 Å². The van der Waals surface area contributed by atoms with Crippen LogP contribution in [0.15, 0.2) is 23.1 Å². The molecule has 7 nitrogen and oxygen atoms in total. The van der Waals surface area contributed by atoms with Crippen LogP contribution in [-0.4, -0.2) is 49.5 Å². The summed E-state index contributed by atoms with van der Waals surface area (Å²) >= 11 is 0. The molecule has 2 N–H and O–H groups in total. The molecule has 23 heavy (non-hydrogen) atoms. The standard InChI is InChI=1S/C14H19N3O4S2/c1-17(2)22(18,19)7-4-8-23(3,20,21)14-6-5-12(10-15)13(9-14)11-16/h5-6,9H,4,7-8H2,1-3H3,(H-,18,19,20,21)/p+1. The van der Waals surface area contributed by atoms with Gasteiger partial charge in [0.15, 0.2) is 5.75 Å². The Hall–Kier alpha value is -1.62. The van der Waals surface area contributed by atoms with Gasteiger partial charge in [-0.05, 0) is 22.4 Å².